The van der Waals surface area contributed by atoms with Crippen LogP contribution in [-0.4, -0.2) is 83.3 Å². The fourth-order valence-electron chi connectivity index (χ4n) is 6.80. The molecule has 0 spiro atoms. The molecule has 2 aliphatic carbocycles. The lowest BCUT2D eigenvalue weighted by atomic mass is 9.92. The van der Waals surface area contributed by atoms with Gasteiger partial charge in [-0.15, -0.1) is 0 Å². The van der Waals surface area contributed by atoms with Crippen molar-refractivity contribution in [2.24, 2.45) is 18.9 Å². The van der Waals surface area contributed by atoms with E-state index in [-0.39, 0.29) is 58.1 Å². The van der Waals surface area contributed by atoms with Crippen LogP contribution in [0.4, 0.5) is 15.9 Å². The molecule has 1 saturated heterocycles. The maximum Gasteiger partial charge on any atom is 0.261 e. The average molecular weight is 611 g/mol. The number of rotatable bonds is 9. The first kappa shape index (κ1) is 29.7. The van der Waals surface area contributed by atoms with Crippen molar-refractivity contribution in [2.75, 3.05) is 48.7 Å². The summed E-state index contributed by atoms with van der Waals surface area (Å²) in [6, 6.07) is 3.89. The van der Waals surface area contributed by atoms with E-state index in [1.165, 1.54) is 22.9 Å². The third-order valence-corrected chi connectivity index (χ3v) is 10.8. The number of fused-ring (bicyclic) bond motifs is 1. The Hall–Kier alpha value is -2.74. The first-order chi connectivity index (χ1) is 19.3. The number of aliphatic hydroxyl groups is 1. The number of sulfone groups is 1. The van der Waals surface area contributed by atoms with Gasteiger partial charge in [0.25, 0.3) is 5.91 Å². The van der Waals surface area contributed by atoms with Crippen molar-refractivity contribution in [3.63, 3.8) is 0 Å². The van der Waals surface area contributed by atoms with Gasteiger partial charge in [0.1, 0.15) is 17.2 Å². The molecule has 1 aromatic heterocycles. The van der Waals surface area contributed by atoms with Crippen LogP contribution in [0.1, 0.15) is 54.1 Å². The predicted molar refractivity (Wildman–Crippen MR) is 153 cm³/mol. The molecule has 11 nitrogen and oxygen atoms in total. The molecular weight excluding hydrogens is 575 g/mol. The number of hydrogen-bond donors (Lipinski definition) is 4. The van der Waals surface area contributed by atoms with Crippen molar-refractivity contribution in [3.05, 3.63) is 40.3 Å². The minimum Gasteiger partial charge on any atom is -0.389 e. The van der Waals surface area contributed by atoms with Gasteiger partial charge in [-0.3, -0.25) is 14.3 Å². The van der Waals surface area contributed by atoms with Crippen molar-refractivity contribution in [3.8, 4) is 0 Å². The summed E-state index contributed by atoms with van der Waals surface area (Å²) in [4.78, 5) is 26.8. The third-order valence-electron chi connectivity index (χ3n) is 8.59. The Morgan fingerprint density at radius 1 is 1.32 bits per heavy atom. The Bertz CT molecular complexity index is 1440. The second-order valence-corrected chi connectivity index (χ2v) is 14.3. The van der Waals surface area contributed by atoms with E-state index in [4.69, 9.17) is 17.3 Å². The fraction of sp³-hybridized carbons (Fsp3) is 0.593. The number of carbonyl (C=O) groups excluding carboxylic acids is 2. The second kappa shape index (κ2) is 11.5. The van der Waals surface area contributed by atoms with Gasteiger partial charge in [0.15, 0.2) is 9.84 Å². The summed E-state index contributed by atoms with van der Waals surface area (Å²) in [5.41, 5.74) is 6.06. The average Bonchev–Trinajstić information content (AvgIpc) is 3.50. The van der Waals surface area contributed by atoms with Crippen LogP contribution in [0, 0.1) is 17.7 Å². The molecule has 1 aromatic carbocycles. The fourth-order valence-corrected chi connectivity index (χ4v) is 8.74. The zero-order valence-electron chi connectivity index (χ0n) is 22.9. The number of nitrogens with two attached hydrogens (primary N) is 1. The van der Waals surface area contributed by atoms with E-state index in [9.17, 15) is 27.5 Å². The summed E-state index contributed by atoms with van der Waals surface area (Å²) in [7, 11) is -1.86. The van der Waals surface area contributed by atoms with Gasteiger partial charge < -0.3 is 26.4 Å². The van der Waals surface area contributed by atoms with Crippen LogP contribution in [-0.2, 0) is 21.7 Å². The number of amides is 2. The molecule has 0 radical (unpaired) electrons. The largest absolute Gasteiger partial charge is 0.389 e. The minimum absolute atomic E-state index is 0.0272. The lowest BCUT2D eigenvalue weighted by molar-refractivity contribution is -0.131. The van der Waals surface area contributed by atoms with E-state index in [1.54, 1.807) is 11.9 Å². The van der Waals surface area contributed by atoms with Crippen molar-refractivity contribution in [1.29, 1.82) is 0 Å². The van der Waals surface area contributed by atoms with Crippen LogP contribution in [0.15, 0.2) is 18.2 Å². The van der Waals surface area contributed by atoms with Gasteiger partial charge in [-0.05, 0) is 62.1 Å². The summed E-state index contributed by atoms with van der Waals surface area (Å²) in [6.07, 6.45) is 2.37. The summed E-state index contributed by atoms with van der Waals surface area (Å²) in [6.45, 7) is 1.93. The van der Waals surface area contributed by atoms with Gasteiger partial charge in [-0.2, -0.15) is 5.10 Å². The summed E-state index contributed by atoms with van der Waals surface area (Å²) < 4.78 is 40.8. The van der Waals surface area contributed by atoms with Crippen LogP contribution in [0.2, 0.25) is 5.02 Å². The highest BCUT2D eigenvalue weighted by Gasteiger charge is 2.51. The molecule has 2 amide bonds. The van der Waals surface area contributed by atoms with Gasteiger partial charge in [0.05, 0.1) is 34.4 Å². The molecule has 5 N–H and O–H groups in total. The molecule has 3 aliphatic rings. The summed E-state index contributed by atoms with van der Waals surface area (Å²) >= 11 is 5.85. The maximum absolute atomic E-state index is 13.5. The number of halogens is 2. The molecule has 0 bridgehead atoms. The SMILES string of the molecule is Cn1nc(C2CC3CC(O)(CS(=O)(=O)CCCN4CCNCC4=O)CC3C2)c(C(=O)Nc2ccc(F)c(Cl)c2)c1N. The predicted octanol–water partition coefficient (Wildman–Crippen LogP) is 1.92. The van der Waals surface area contributed by atoms with Gasteiger partial charge >= 0.3 is 0 Å². The molecular formula is C27H36ClFN6O5S. The van der Waals surface area contributed by atoms with Crippen LogP contribution in [0.25, 0.3) is 0 Å². The monoisotopic (exact) mass is 610 g/mol. The molecule has 5 rings (SSSR count). The Kier molecular flexibility index (Phi) is 8.34. The first-order valence-electron chi connectivity index (χ1n) is 13.8. The van der Waals surface area contributed by atoms with E-state index < -0.39 is 27.2 Å². The van der Waals surface area contributed by atoms with Gasteiger partial charge in [0, 0.05) is 38.3 Å². The second-order valence-electron chi connectivity index (χ2n) is 11.7. The highest BCUT2D eigenvalue weighted by molar-refractivity contribution is 7.91. The third kappa shape index (κ3) is 6.52. The van der Waals surface area contributed by atoms with E-state index >= 15 is 0 Å². The highest BCUT2D eigenvalue weighted by atomic mass is 35.5. The van der Waals surface area contributed by atoms with Crippen molar-refractivity contribution in [1.82, 2.24) is 20.0 Å². The quantitative estimate of drug-likeness (QED) is 0.335. The van der Waals surface area contributed by atoms with Crippen LogP contribution in [0.3, 0.4) is 0 Å². The van der Waals surface area contributed by atoms with Gasteiger partial charge in [0.2, 0.25) is 5.91 Å². The molecule has 2 atom stereocenters. The number of hydrogen-bond acceptors (Lipinski definition) is 8. The first-order valence-corrected chi connectivity index (χ1v) is 16.0. The molecule has 224 valence electrons. The minimum atomic E-state index is -3.52. The van der Waals surface area contributed by atoms with Crippen LogP contribution < -0.4 is 16.4 Å². The Balaban J connectivity index is 1.20. The topological polar surface area (TPSA) is 160 Å². The number of piperazine rings is 1. The Morgan fingerprint density at radius 2 is 2.02 bits per heavy atom. The van der Waals surface area contributed by atoms with Crippen LogP contribution in [0.5, 0.6) is 0 Å². The molecule has 2 unspecified atom stereocenters. The van der Waals surface area contributed by atoms with Crippen molar-refractivity contribution < 1.29 is 27.5 Å². The zero-order chi connectivity index (χ0) is 29.5. The Morgan fingerprint density at radius 3 is 2.68 bits per heavy atom. The van der Waals surface area contributed by atoms with Crippen molar-refractivity contribution >= 4 is 44.8 Å². The number of nitrogens with zero attached hydrogens (tertiary/aromatic N) is 3. The standard InChI is InChI=1S/C27H36ClFN6O5S/c1-34-25(30)23(26(37)32-19-3-4-21(29)20(28)11-19)24(33-34)16-9-17-12-27(38,13-18(17)10-16)15-41(39,40)8-2-6-35-7-5-31-14-22(35)36/h3-4,11,16-18,31,38H,2,5-10,12-15,30H2,1H3,(H,32,37). The summed E-state index contributed by atoms with van der Waals surface area (Å²) in [5.74, 6) is -1.16. The van der Waals surface area contributed by atoms with Crippen LogP contribution >= 0.6 is 11.6 Å². The highest BCUT2D eigenvalue weighted by Crippen LogP contribution is 2.54. The smallest absolute Gasteiger partial charge is 0.261 e. The Labute approximate surface area is 243 Å². The number of anilines is 2. The van der Waals surface area contributed by atoms with E-state index in [0.717, 1.165) is 0 Å². The molecule has 2 heterocycles. The molecule has 14 heteroatoms. The number of nitrogens with one attached hydrogen (secondary N) is 2. The lowest BCUT2D eigenvalue weighted by Gasteiger charge is -2.28. The number of aromatic nitrogens is 2. The van der Waals surface area contributed by atoms with E-state index in [2.05, 4.69) is 15.7 Å². The number of benzene rings is 1. The van der Waals surface area contributed by atoms with E-state index in [0.29, 0.717) is 63.1 Å². The number of nitrogen functional groups attached to an aromatic ring is 1. The molecule has 1 aliphatic heterocycles. The molecule has 3 fully saturated rings. The molecule has 41 heavy (non-hydrogen) atoms. The van der Waals surface area contributed by atoms with Gasteiger partial charge in [-0.1, -0.05) is 11.6 Å². The lowest BCUT2D eigenvalue weighted by Crippen LogP contribution is -2.48. The van der Waals surface area contributed by atoms with E-state index in [1.807, 2.05) is 0 Å². The normalized spacial score (nSPS) is 26.4. The maximum atomic E-state index is 13.5. The van der Waals surface area contributed by atoms with Crippen molar-refractivity contribution in [2.45, 2.75) is 43.6 Å². The van der Waals surface area contributed by atoms with Gasteiger partial charge in [-0.25, -0.2) is 12.8 Å². The zero-order valence-corrected chi connectivity index (χ0v) is 24.5. The molecule has 2 saturated carbocycles. The summed E-state index contributed by atoms with van der Waals surface area (Å²) in [5, 5.41) is 21.4. The number of carbonyl (C=O) groups is 2. The molecule has 2 aromatic rings. The number of aryl methyl sites for hydroxylation is 1.